The lowest BCUT2D eigenvalue weighted by Gasteiger charge is -2.26. The van der Waals surface area contributed by atoms with E-state index < -0.39 is 4.92 Å². The molecule has 0 saturated carbocycles. The zero-order valence-corrected chi connectivity index (χ0v) is 13.7. The molecule has 2 saturated heterocycles. The molecule has 2 aliphatic rings. The lowest BCUT2D eigenvalue weighted by atomic mass is 10.0. The fraction of sp³-hybridized carbons (Fsp3) is 0.588. The van der Waals surface area contributed by atoms with Crippen LogP contribution in [0.4, 0.5) is 11.4 Å². The normalized spacial score (nSPS) is 24.3. The quantitative estimate of drug-likeness (QED) is 0.635. The molecule has 3 rings (SSSR count). The van der Waals surface area contributed by atoms with Crippen molar-refractivity contribution in [1.29, 1.82) is 0 Å². The van der Waals surface area contributed by atoms with E-state index in [0.29, 0.717) is 25.0 Å². The molecule has 0 aliphatic carbocycles. The van der Waals surface area contributed by atoms with Crippen molar-refractivity contribution in [2.24, 2.45) is 5.92 Å². The van der Waals surface area contributed by atoms with Crippen molar-refractivity contribution in [3.8, 4) is 0 Å². The molecule has 0 aromatic heterocycles. The molecule has 124 valence electrons. The van der Waals surface area contributed by atoms with E-state index in [4.69, 9.17) is 0 Å². The number of hydrogen-bond donors (Lipinski definition) is 0. The van der Waals surface area contributed by atoms with Crippen LogP contribution in [0, 0.1) is 16.0 Å². The highest BCUT2D eigenvalue weighted by Gasteiger charge is 2.31. The summed E-state index contributed by atoms with van der Waals surface area (Å²) in [4.78, 5) is 27.5. The van der Waals surface area contributed by atoms with Crippen LogP contribution < -0.4 is 4.90 Å². The van der Waals surface area contributed by atoms with Crippen LogP contribution in [0.25, 0.3) is 0 Å². The molecule has 0 spiro atoms. The third-order valence-corrected chi connectivity index (χ3v) is 5.27. The predicted octanol–water partition coefficient (Wildman–Crippen LogP) is 3.07. The molecule has 6 heteroatoms. The van der Waals surface area contributed by atoms with E-state index in [9.17, 15) is 14.9 Å². The molecule has 2 fully saturated rings. The lowest BCUT2D eigenvalue weighted by molar-refractivity contribution is -0.385. The van der Waals surface area contributed by atoms with Crippen molar-refractivity contribution in [3.05, 3.63) is 33.9 Å². The molecule has 2 aliphatic heterocycles. The number of anilines is 1. The Morgan fingerprint density at radius 2 is 1.91 bits per heavy atom. The second-order valence-electron chi connectivity index (χ2n) is 6.66. The van der Waals surface area contributed by atoms with Gasteiger partial charge in [0.05, 0.1) is 4.92 Å². The van der Waals surface area contributed by atoms with E-state index in [1.165, 1.54) is 6.07 Å². The Bertz CT molecular complexity index is 626. The van der Waals surface area contributed by atoms with Crippen LogP contribution in [0.5, 0.6) is 0 Å². The first-order valence-electron chi connectivity index (χ1n) is 8.33. The Hall–Kier alpha value is -2.11. The summed E-state index contributed by atoms with van der Waals surface area (Å²) < 4.78 is 0. The smallest absolute Gasteiger partial charge is 0.282 e. The molecule has 23 heavy (non-hydrogen) atoms. The van der Waals surface area contributed by atoms with Crippen LogP contribution in [0.1, 0.15) is 43.5 Å². The minimum absolute atomic E-state index is 0.0921. The summed E-state index contributed by atoms with van der Waals surface area (Å²) in [6.07, 6.45) is 3.05. The first-order valence-corrected chi connectivity index (χ1v) is 8.33. The van der Waals surface area contributed by atoms with E-state index >= 15 is 0 Å². The number of benzene rings is 1. The van der Waals surface area contributed by atoms with Gasteiger partial charge in [-0.25, -0.2) is 0 Å². The highest BCUT2D eigenvalue weighted by Crippen LogP contribution is 2.33. The van der Waals surface area contributed by atoms with E-state index in [0.717, 1.165) is 31.5 Å². The fourth-order valence-corrected chi connectivity index (χ4v) is 3.58. The largest absolute Gasteiger partial charge is 0.369 e. The minimum Gasteiger partial charge on any atom is -0.369 e. The second-order valence-corrected chi connectivity index (χ2v) is 6.66. The molecular formula is C17H23N3O3. The third-order valence-electron chi connectivity index (χ3n) is 5.27. The summed E-state index contributed by atoms with van der Waals surface area (Å²) >= 11 is 0. The maximum Gasteiger partial charge on any atom is 0.282 e. The second kappa shape index (κ2) is 6.18. The Balaban J connectivity index is 1.96. The van der Waals surface area contributed by atoms with Gasteiger partial charge in [-0.3, -0.25) is 14.9 Å². The van der Waals surface area contributed by atoms with Crippen LogP contribution in [-0.4, -0.2) is 41.4 Å². The van der Waals surface area contributed by atoms with E-state index in [2.05, 4.69) is 18.7 Å². The molecule has 2 heterocycles. The summed E-state index contributed by atoms with van der Waals surface area (Å²) in [6, 6.07) is 5.35. The van der Waals surface area contributed by atoms with Crippen LogP contribution in [-0.2, 0) is 0 Å². The van der Waals surface area contributed by atoms with Crippen molar-refractivity contribution in [3.63, 3.8) is 0 Å². The molecule has 0 N–H and O–H groups in total. The number of carbonyl (C=O) groups excluding carboxylic acids is 1. The molecule has 2 atom stereocenters. The molecule has 2 unspecified atom stereocenters. The topological polar surface area (TPSA) is 66.7 Å². The first kappa shape index (κ1) is 15.8. The van der Waals surface area contributed by atoms with Gasteiger partial charge >= 0.3 is 0 Å². The number of likely N-dealkylation sites (tertiary alicyclic amines) is 1. The van der Waals surface area contributed by atoms with Gasteiger partial charge in [0, 0.05) is 37.4 Å². The van der Waals surface area contributed by atoms with Gasteiger partial charge in [-0.15, -0.1) is 0 Å². The van der Waals surface area contributed by atoms with Gasteiger partial charge in [-0.05, 0) is 44.2 Å². The van der Waals surface area contributed by atoms with Crippen molar-refractivity contribution in [2.75, 3.05) is 24.5 Å². The molecule has 0 radical (unpaired) electrons. The van der Waals surface area contributed by atoms with E-state index in [1.54, 1.807) is 17.0 Å². The number of nitro groups is 1. The minimum atomic E-state index is -0.455. The van der Waals surface area contributed by atoms with Crippen molar-refractivity contribution >= 4 is 17.3 Å². The highest BCUT2D eigenvalue weighted by molar-refractivity contribution is 5.99. The Kier molecular flexibility index (Phi) is 4.24. The highest BCUT2D eigenvalue weighted by atomic mass is 16.6. The average Bonchev–Trinajstić information content (AvgIpc) is 3.17. The summed E-state index contributed by atoms with van der Waals surface area (Å²) in [5.74, 6) is 0.374. The van der Waals surface area contributed by atoms with Crippen LogP contribution in [0.3, 0.4) is 0 Å². The van der Waals surface area contributed by atoms with Gasteiger partial charge in [0.15, 0.2) is 0 Å². The molecule has 1 aromatic carbocycles. The number of nitrogens with zero attached hydrogens (tertiary/aromatic N) is 3. The molecular weight excluding hydrogens is 294 g/mol. The van der Waals surface area contributed by atoms with E-state index in [1.807, 2.05) is 0 Å². The predicted molar refractivity (Wildman–Crippen MR) is 88.8 cm³/mol. The van der Waals surface area contributed by atoms with Crippen molar-refractivity contribution < 1.29 is 9.72 Å². The third kappa shape index (κ3) is 2.90. The standard InChI is InChI=1S/C17H23N3O3/c1-12-7-10-19(13(12)2)14-5-6-16(20(22)23)15(11-14)17(21)18-8-3-4-9-18/h5-6,11-13H,3-4,7-10H2,1-2H3. The van der Waals surface area contributed by atoms with Gasteiger partial charge in [-0.1, -0.05) is 6.92 Å². The monoisotopic (exact) mass is 317 g/mol. The zero-order chi connectivity index (χ0) is 16.6. The number of nitro benzene ring substituents is 1. The number of hydrogen-bond acceptors (Lipinski definition) is 4. The van der Waals surface area contributed by atoms with Gasteiger partial charge in [0.25, 0.3) is 11.6 Å². The fourth-order valence-electron chi connectivity index (χ4n) is 3.58. The molecule has 0 bridgehead atoms. The van der Waals surface area contributed by atoms with E-state index in [-0.39, 0.29) is 17.2 Å². The van der Waals surface area contributed by atoms with Crippen LogP contribution in [0.2, 0.25) is 0 Å². The number of rotatable bonds is 3. The van der Waals surface area contributed by atoms with Crippen LogP contribution >= 0.6 is 0 Å². The van der Waals surface area contributed by atoms with Gasteiger partial charge in [0.1, 0.15) is 5.56 Å². The maximum absolute atomic E-state index is 12.7. The van der Waals surface area contributed by atoms with Crippen LogP contribution in [0.15, 0.2) is 18.2 Å². The maximum atomic E-state index is 12.7. The average molecular weight is 317 g/mol. The molecule has 1 amide bonds. The zero-order valence-electron chi connectivity index (χ0n) is 13.7. The van der Waals surface area contributed by atoms with Crippen molar-refractivity contribution in [1.82, 2.24) is 4.90 Å². The summed E-state index contributed by atoms with van der Waals surface area (Å²) in [5.41, 5.74) is 1.04. The number of amides is 1. The van der Waals surface area contributed by atoms with Gasteiger partial charge in [0.2, 0.25) is 0 Å². The SMILES string of the molecule is CC1CCN(c2ccc([N+](=O)[O-])c(C(=O)N3CCCC3)c2)C1C. The Morgan fingerprint density at radius 1 is 1.22 bits per heavy atom. The van der Waals surface area contributed by atoms with Gasteiger partial charge in [-0.2, -0.15) is 0 Å². The number of carbonyl (C=O) groups is 1. The lowest BCUT2D eigenvalue weighted by Crippen LogP contribution is -2.31. The molecule has 1 aromatic rings. The summed E-state index contributed by atoms with van der Waals surface area (Å²) in [6.45, 7) is 6.69. The Morgan fingerprint density at radius 3 is 2.48 bits per heavy atom. The molecule has 6 nitrogen and oxygen atoms in total. The summed E-state index contributed by atoms with van der Waals surface area (Å²) in [5, 5.41) is 11.3. The Labute approximate surface area is 136 Å². The van der Waals surface area contributed by atoms with Crippen molar-refractivity contribution in [2.45, 2.75) is 39.2 Å². The summed E-state index contributed by atoms with van der Waals surface area (Å²) in [7, 11) is 0. The van der Waals surface area contributed by atoms with Gasteiger partial charge < -0.3 is 9.80 Å². The first-order chi connectivity index (χ1) is 11.0.